The van der Waals surface area contributed by atoms with Crippen LogP contribution in [0, 0.1) is 0 Å². The molecule has 0 saturated heterocycles. The van der Waals surface area contributed by atoms with Crippen LogP contribution < -0.4 is 16.4 Å². The standard InChI is InChI=1S/C19H17N7O/c20-18-16(5-3-7-22-18)23-12-14-10-13(6-8-21-14)24-19(27)17-11-15-4-1-2-9-26(15)25-17/h1-11,23H,12H2,(H2,20,22)(H,21,24,27). The third-order valence-electron chi connectivity index (χ3n) is 3.98. The Bertz CT molecular complexity index is 1070. The molecule has 0 spiro atoms. The van der Waals surface area contributed by atoms with Crippen molar-refractivity contribution in [3.8, 4) is 0 Å². The first-order chi connectivity index (χ1) is 13.2. The lowest BCUT2D eigenvalue weighted by Crippen LogP contribution is -2.13. The summed E-state index contributed by atoms with van der Waals surface area (Å²) < 4.78 is 1.66. The Morgan fingerprint density at radius 2 is 2.00 bits per heavy atom. The van der Waals surface area contributed by atoms with E-state index in [9.17, 15) is 4.79 Å². The molecule has 4 heterocycles. The molecule has 0 atom stereocenters. The van der Waals surface area contributed by atoms with E-state index in [0.29, 0.717) is 23.7 Å². The molecule has 0 aliphatic heterocycles. The van der Waals surface area contributed by atoms with E-state index < -0.39 is 0 Å². The molecule has 8 nitrogen and oxygen atoms in total. The van der Waals surface area contributed by atoms with Gasteiger partial charge in [0.05, 0.1) is 23.4 Å². The van der Waals surface area contributed by atoms with Crippen LogP contribution in [0.3, 0.4) is 0 Å². The van der Waals surface area contributed by atoms with E-state index in [4.69, 9.17) is 5.73 Å². The number of anilines is 3. The molecule has 134 valence electrons. The SMILES string of the molecule is Nc1ncccc1NCc1cc(NC(=O)c2cc3ccccn3n2)ccn1. The second kappa shape index (κ2) is 7.12. The van der Waals surface area contributed by atoms with Gasteiger partial charge in [-0.3, -0.25) is 9.78 Å². The van der Waals surface area contributed by atoms with Crippen LogP contribution in [0.25, 0.3) is 5.52 Å². The zero-order valence-corrected chi connectivity index (χ0v) is 14.3. The van der Waals surface area contributed by atoms with Crippen molar-refractivity contribution in [3.63, 3.8) is 0 Å². The third kappa shape index (κ3) is 3.69. The van der Waals surface area contributed by atoms with E-state index in [-0.39, 0.29) is 5.91 Å². The van der Waals surface area contributed by atoms with Gasteiger partial charge in [0.25, 0.3) is 5.91 Å². The minimum Gasteiger partial charge on any atom is -0.382 e. The quantitative estimate of drug-likeness (QED) is 0.505. The van der Waals surface area contributed by atoms with Gasteiger partial charge >= 0.3 is 0 Å². The average molecular weight is 359 g/mol. The number of hydrogen-bond acceptors (Lipinski definition) is 6. The number of nitrogens with zero attached hydrogens (tertiary/aromatic N) is 4. The first-order valence-electron chi connectivity index (χ1n) is 8.34. The normalized spacial score (nSPS) is 10.7. The van der Waals surface area contributed by atoms with Crippen molar-refractivity contribution in [2.24, 2.45) is 0 Å². The van der Waals surface area contributed by atoms with Gasteiger partial charge in [-0.25, -0.2) is 9.50 Å². The monoisotopic (exact) mass is 359 g/mol. The fourth-order valence-electron chi connectivity index (χ4n) is 2.65. The molecule has 4 N–H and O–H groups in total. The Labute approximate surface area is 155 Å². The summed E-state index contributed by atoms with van der Waals surface area (Å²) in [6.07, 6.45) is 5.07. The lowest BCUT2D eigenvalue weighted by Gasteiger charge is -2.09. The molecule has 4 aromatic rings. The first kappa shape index (κ1) is 16.5. The molecule has 0 aliphatic carbocycles. The van der Waals surface area contributed by atoms with Crippen molar-refractivity contribution in [1.29, 1.82) is 0 Å². The second-order valence-electron chi connectivity index (χ2n) is 5.88. The maximum absolute atomic E-state index is 12.5. The Balaban J connectivity index is 1.45. The van der Waals surface area contributed by atoms with Gasteiger partial charge in [0, 0.05) is 24.3 Å². The molecule has 0 bridgehead atoms. The van der Waals surface area contributed by atoms with Crippen molar-refractivity contribution >= 4 is 28.6 Å². The number of carbonyl (C=O) groups is 1. The number of rotatable bonds is 5. The summed E-state index contributed by atoms with van der Waals surface area (Å²) in [5.41, 5.74) is 9.15. The van der Waals surface area contributed by atoms with E-state index >= 15 is 0 Å². The minimum absolute atomic E-state index is 0.277. The molecule has 0 unspecified atom stereocenters. The van der Waals surface area contributed by atoms with Crippen molar-refractivity contribution in [2.75, 3.05) is 16.4 Å². The van der Waals surface area contributed by atoms with Crippen molar-refractivity contribution in [2.45, 2.75) is 6.54 Å². The lowest BCUT2D eigenvalue weighted by molar-refractivity contribution is 0.102. The van der Waals surface area contributed by atoms with Gasteiger partial charge in [0.15, 0.2) is 5.69 Å². The zero-order chi connectivity index (χ0) is 18.6. The Kier molecular flexibility index (Phi) is 4.36. The van der Waals surface area contributed by atoms with Crippen molar-refractivity contribution < 1.29 is 4.79 Å². The fourth-order valence-corrected chi connectivity index (χ4v) is 2.65. The highest BCUT2D eigenvalue weighted by molar-refractivity contribution is 6.03. The van der Waals surface area contributed by atoms with Crippen LogP contribution in [0.15, 0.2) is 67.1 Å². The smallest absolute Gasteiger partial charge is 0.276 e. The molecule has 0 aromatic carbocycles. The van der Waals surface area contributed by atoms with Crippen molar-refractivity contribution in [3.05, 3.63) is 78.5 Å². The minimum atomic E-state index is -0.277. The van der Waals surface area contributed by atoms with Gasteiger partial charge < -0.3 is 16.4 Å². The van der Waals surface area contributed by atoms with E-state index in [0.717, 1.165) is 16.9 Å². The zero-order valence-electron chi connectivity index (χ0n) is 14.3. The predicted octanol–water partition coefficient (Wildman–Crippen LogP) is 2.57. The number of nitrogens with two attached hydrogens (primary N) is 1. The summed E-state index contributed by atoms with van der Waals surface area (Å²) in [4.78, 5) is 20.8. The van der Waals surface area contributed by atoms with Crippen LogP contribution in [0.2, 0.25) is 0 Å². The Morgan fingerprint density at radius 3 is 2.85 bits per heavy atom. The molecule has 4 aromatic heterocycles. The van der Waals surface area contributed by atoms with Crippen LogP contribution in [-0.2, 0) is 6.54 Å². The van der Waals surface area contributed by atoms with E-state index in [1.54, 1.807) is 47.4 Å². The fraction of sp³-hybridized carbons (Fsp3) is 0.0526. The van der Waals surface area contributed by atoms with E-state index in [1.165, 1.54) is 0 Å². The van der Waals surface area contributed by atoms with E-state index in [2.05, 4.69) is 25.7 Å². The molecule has 4 rings (SSSR count). The molecular formula is C19H17N7O. The number of hydrogen-bond donors (Lipinski definition) is 3. The van der Waals surface area contributed by atoms with E-state index in [1.807, 2.05) is 24.3 Å². The molecule has 27 heavy (non-hydrogen) atoms. The topological polar surface area (TPSA) is 110 Å². The van der Waals surface area contributed by atoms with Gasteiger partial charge in [-0.2, -0.15) is 5.10 Å². The van der Waals surface area contributed by atoms with Crippen LogP contribution in [0.5, 0.6) is 0 Å². The molecular weight excluding hydrogens is 342 g/mol. The summed E-state index contributed by atoms with van der Waals surface area (Å²) in [6, 6.07) is 14.6. The van der Waals surface area contributed by atoms with Gasteiger partial charge in [0.1, 0.15) is 5.82 Å². The van der Waals surface area contributed by atoms with Gasteiger partial charge in [-0.15, -0.1) is 0 Å². The highest BCUT2D eigenvalue weighted by atomic mass is 16.1. The highest BCUT2D eigenvalue weighted by Crippen LogP contribution is 2.16. The maximum Gasteiger partial charge on any atom is 0.276 e. The number of carbonyl (C=O) groups excluding carboxylic acids is 1. The third-order valence-corrected chi connectivity index (χ3v) is 3.98. The van der Waals surface area contributed by atoms with Gasteiger partial charge in [-0.1, -0.05) is 6.07 Å². The number of amides is 1. The first-order valence-corrected chi connectivity index (χ1v) is 8.34. The Morgan fingerprint density at radius 1 is 1.07 bits per heavy atom. The average Bonchev–Trinajstić information content (AvgIpc) is 3.12. The molecule has 0 saturated carbocycles. The van der Waals surface area contributed by atoms with Gasteiger partial charge in [0.2, 0.25) is 0 Å². The summed E-state index contributed by atoms with van der Waals surface area (Å²) in [6.45, 7) is 0.452. The predicted molar refractivity (Wildman–Crippen MR) is 103 cm³/mol. The number of nitrogens with one attached hydrogen (secondary N) is 2. The van der Waals surface area contributed by atoms with Gasteiger partial charge in [-0.05, 0) is 42.5 Å². The molecule has 0 aliphatic rings. The van der Waals surface area contributed by atoms with Crippen molar-refractivity contribution in [1.82, 2.24) is 19.6 Å². The Hall–Kier alpha value is -3.94. The summed E-state index contributed by atoms with van der Waals surface area (Å²) >= 11 is 0. The number of fused-ring (bicyclic) bond motifs is 1. The number of nitrogen functional groups attached to an aromatic ring is 1. The molecule has 1 amide bonds. The highest BCUT2D eigenvalue weighted by Gasteiger charge is 2.11. The van der Waals surface area contributed by atoms with Crippen LogP contribution in [-0.4, -0.2) is 25.5 Å². The maximum atomic E-state index is 12.5. The lowest BCUT2D eigenvalue weighted by atomic mass is 10.3. The molecule has 8 heteroatoms. The van der Waals surface area contributed by atoms with Crippen LogP contribution in [0.1, 0.15) is 16.2 Å². The molecule has 0 radical (unpaired) electrons. The molecule has 0 fully saturated rings. The second-order valence-corrected chi connectivity index (χ2v) is 5.88. The van der Waals surface area contributed by atoms with Crippen LogP contribution >= 0.6 is 0 Å². The summed E-state index contributed by atoms with van der Waals surface area (Å²) in [5.74, 6) is 0.147. The largest absolute Gasteiger partial charge is 0.382 e. The summed E-state index contributed by atoms with van der Waals surface area (Å²) in [7, 11) is 0. The number of pyridine rings is 3. The summed E-state index contributed by atoms with van der Waals surface area (Å²) in [5, 5.41) is 10.3. The van der Waals surface area contributed by atoms with Crippen LogP contribution in [0.4, 0.5) is 17.2 Å². The number of aromatic nitrogens is 4.